The van der Waals surface area contributed by atoms with Crippen molar-refractivity contribution in [2.45, 2.75) is 45.7 Å². The average molecular weight is 490 g/mol. The highest BCUT2D eigenvalue weighted by atomic mass is 35.5. The second-order valence-electron chi connectivity index (χ2n) is 6.26. The van der Waals surface area contributed by atoms with E-state index in [4.69, 9.17) is 49.0 Å². The quantitative estimate of drug-likeness (QED) is 0.271. The summed E-state index contributed by atoms with van der Waals surface area (Å²) >= 11 is 16.3. The molecule has 0 unspecified atom stereocenters. The average Bonchev–Trinajstić information content (AvgIpc) is 2.68. The molecule has 0 N–H and O–H groups in total. The lowest BCUT2D eigenvalue weighted by Gasteiger charge is -2.17. The Balaban J connectivity index is 2.50. The first-order chi connectivity index (χ1) is 14.2. The van der Waals surface area contributed by atoms with E-state index in [0.717, 1.165) is 41.5 Å². The monoisotopic (exact) mass is 488 g/mol. The van der Waals surface area contributed by atoms with E-state index >= 15 is 0 Å². The number of unbranched alkanes of at least 4 members (excludes halogenated alkanes) is 1. The summed E-state index contributed by atoms with van der Waals surface area (Å²) in [4.78, 5) is 0. The van der Waals surface area contributed by atoms with Gasteiger partial charge in [-0.3, -0.25) is 0 Å². The number of allylic oxidation sites excluding steroid dienone is 1. The molecule has 1 rings (SSSR count). The Hall–Kier alpha value is -1.08. The molecular weight excluding hydrogens is 464 g/mol. The third-order valence-corrected chi connectivity index (χ3v) is 4.72. The zero-order chi connectivity index (χ0) is 22.6. The molecule has 30 heavy (non-hydrogen) atoms. The molecule has 0 saturated heterocycles. The minimum Gasteiger partial charge on any atom is -0.493 e. The summed E-state index contributed by atoms with van der Waals surface area (Å²) in [5.41, 5.74) is 2.07. The zero-order valence-electron chi connectivity index (χ0n) is 17.0. The Bertz CT molecular complexity index is 690. The van der Waals surface area contributed by atoms with E-state index < -0.39 is 11.2 Å². The van der Waals surface area contributed by atoms with Gasteiger partial charge in [0.2, 0.25) is 0 Å². The van der Waals surface area contributed by atoms with Gasteiger partial charge in [0.05, 0.1) is 13.2 Å². The lowest BCUT2D eigenvalue weighted by atomic mass is 10.0. The van der Waals surface area contributed by atoms with E-state index in [2.05, 4.69) is 0 Å². The molecule has 0 aromatic heterocycles. The Morgan fingerprint density at radius 2 is 1.50 bits per heavy atom. The summed E-state index contributed by atoms with van der Waals surface area (Å²) in [6.45, 7) is 4.98. The highest BCUT2D eigenvalue weighted by molar-refractivity contribution is 6.55. The summed E-state index contributed by atoms with van der Waals surface area (Å²) in [6, 6.07) is 3.87. The first kappa shape index (κ1) is 27.0. The topological polar surface area (TPSA) is 27.7 Å². The van der Waals surface area contributed by atoms with Crippen LogP contribution in [0, 0.1) is 0 Å². The van der Waals surface area contributed by atoms with Crippen molar-refractivity contribution in [3.63, 3.8) is 0 Å². The molecule has 0 heterocycles. The second-order valence-corrected chi connectivity index (χ2v) is 7.68. The first-order valence-corrected chi connectivity index (χ1v) is 10.8. The summed E-state index contributed by atoms with van der Waals surface area (Å²) in [7, 11) is 0. The van der Waals surface area contributed by atoms with Gasteiger partial charge in [0.25, 0.3) is 0 Å². The van der Waals surface area contributed by atoms with Gasteiger partial charge in [-0.05, 0) is 61.1 Å². The van der Waals surface area contributed by atoms with Crippen molar-refractivity contribution >= 4 is 34.8 Å². The van der Waals surface area contributed by atoms with Gasteiger partial charge in [-0.15, -0.1) is 0 Å². The SMILES string of the molecule is CCc1cc(OCC=C(Cl)Cl)cc(CC)c1OCCCCOCC=C(Cl)C(F)(F)F. The number of halogens is 6. The molecule has 1 aromatic rings. The Morgan fingerprint density at radius 3 is 2.03 bits per heavy atom. The molecule has 0 aliphatic rings. The van der Waals surface area contributed by atoms with Crippen LogP contribution in [0.25, 0.3) is 0 Å². The minimum atomic E-state index is -4.53. The van der Waals surface area contributed by atoms with Gasteiger partial charge in [0.1, 0.15) is 27.6 Å². The van der Waals surface area contributed by atoms with E-state index in [1.54, 1.807) is 6.08 Å². The Kier molecular flexibility index (Phi) is 12.6. The Morgan fingerprint density at radius 1 is 0.900 bits per heavy atom. The lowest BCUT2D eigenvalue weighted by molar-refractivity contribution is -0.0850. The number of benzene rings is 1. The predicted molar refractivity (Wildman–Crippen MR) is 116 cm³/mol. The number of ether oxygens (including phenoxy) is 3. The molecule has 9 heteroatoms. The van der Waals surface area contributed by atoms with Crippen molar-refractivity contribution in [1.82, 2.24) is 0 Å². The van der Waals surface area contributed by atoms with Crippen LogP contribution in [0.2, 0.25) is 0 Å². The van der Waals surface area contributed by atoms with Crippen LogP contribution in [0.3, 0.4) is 0 Å². The van der Waals surface area contributed by atoms with Crippen LogP contribution in [-0.2, 0) is 17.6 Å². The van der Waals surface area contributed by atoms with Crippen molar-refractivity contribution in [1.29, 1.82) is 0 Å². The van der Waals surface area contributed by atoms with Crippen LogP contribution in [-0.4, -0.2) is 32.6 Å². The standard InChI is InChI=1S/C21H26Cl3F3O3/c1-3-15-13-17(29-12-8-19(23)24)14-16(4-2)20(15)30-10-6-5-9-28-11-7-18(22)21(25,26)27/h7-8,13-14H,3-6,9-12H2,1-2H3. The van der Waals surface area contributed by atoms with Crippen LogP contribution >= 0.6 is 34.8 Å². The van der Waals surface area contributed by atoms with Crippen molar-refractivity contribution < 1.29 is 27.4 Å². The minimum absolute atomic E-state index is 0.157. The summed E-state index contributed by atoms with van der Waals surface area (Å²) in [6.07, 6.45) is 0.788. The number of aryl methyl sites for hydroxylation is 2. The smallest absolute Gasteiger partial charge is 0.426 e. The molecule has 3 nitrogen and oxygen atoms in total. The molecular formula is C21H26Cl3F3O3. The maximum absolute atomic E-state index is 12.2. The fraction of sp³-hybridized carbons (Fsp3) is 0.524. The van der Waals surface area contributed by atoms with Crippen molar-refractivity contribution in [3.05, 3.63) is 44.9 Å². The van der Waals surface area contributed by atoms with Crippen LogP contribution in [0.5, 0.6) is 11.5 Å². The van der Waals surface area contributed by atoms with Gasteiger partial charge in [0, 0.05) is 6.61 Å². The summed E-state index contributed by atoms with van der Waals surface area (Å²) in [5.74, 6) is 1.57. The molecule has 0 aliphatic carbocycles. The predicted octanol–water partition coefficient (Wildman–Crippen LogP) is 7.37. The van der Waals surface area contributed by atoms with Gasteiger partial charge in [-0.25, -0.2) is 0 Å². The Labute approximate surface area is 190 Å². The fourth-order valence-corrected chi connectivity index (χ4v) is 2.72. The highest BCUT2D eigenvalue weighted by Gasteiger charge is 2.31. The number of alkyl halides is 3. The van der Waals surface area contributed by atoms with Crippen LogP contribution in [0.1, 0.15) is 37.8 Å². The second kappa shape index (κ2) is 14.1. The lowest BCUT2D eigenvalue weighted by Crippen LogP contribution is -2.08. The van der Waals surface area contributed by atoms with E-state index in [1.807, 2.05) is 26.0 Å². The fourth-order valence-electron chi connectivity index (χ4n) is 2.53. The maximum Gasteiger partial charge on any atom is 0.426 e. The number of rotatable bonds is 13. The molecule has 1 aromatic carbocycles. The van der Waals surface area contributed by atoms with Crippen molar-refractivity contribution in [2.24, 2.45) is 0 Å². The van der Waals surface area contributed by atoms with Gasteiger partial charge in [-0.1, -0.05) is 48.7 Å². The third-order valence-electron chi connectivity index (χ3n) is 4.05. The van der Waals surface area contributed by atoms with Gasteiger partial charge >= 0.3 is 6.18 Å². The molecule has 0 saturated carbocycles. The summed E-state index contributed by atoms with van der Waals surface area (Å²) < 4.78 is 53.7. The van der Waals surface area contributed by atoms with E-state index in [0.29, 0.717) is 26.1 Å². The largest absolute Gasteiger partial charge is 0.493 e. The molecule has 0 fully saturated rings. The molecule has 0 radical (unpaired) electrons. The highest BCUT2D eigenvalue weighted by Crippen LogP contribution is 2.31. The van der Waals surface area contributed by atoms with Gasteiger partial charge in [-0.2, -0.15) is 13.2 Å². The normalized spacial score (nSPS) is 12.1. The molecule has 0 atom stereocenters. The van der Waals surface area contributed by atoms with Crippen LogP contribution < -0.4 is 9.47 Å². The molecule has 0 spiro atoms. The molecule has 0 bridgehead atoms. The molecule has 0 amide bonds. The number of hydrogen-bond donors (Lipinski definition) is 0. The first-order valence-electron chi connectivity index (χ1n) is 9.62. The molecule has 170 valence electrons. The van der Waals surface area contributed by atoms with Gasteiger partial charge in [0.15, 0.2) is 0 Å². The van der Waals surface area contributed by atoms with Crippen LogP contribution in [0.4, 0.5) is 13.2 Å². The van der Waals surface area contributed by atoms with Crippen molar-refractivity contribution in [2.75, 3.05) is 26.4 Å². The number of hydrogen-bond acceptors (Lipinski definition) is 3. The van der Waals surface area contributed by atoms with Gasteiger partial charge < -0.3 is 14.2 Å². The summed E-state index contributed by atoms with van der Waals surface area (Å²) in [5, 5.41) is -1.17. The van der Waals surface area contributed by atoms with E-state index in [9.17, 15) is 13.2 Å². The maximum atomic E-state index is 12.2. The van der Waals surface area contributed by atoms with E-state index in [1.165, 1.54) is 0 Å². The van der Waals surface area contributed by atoms with Crippen molar-refractivity contribution in [3.8, 4) is 11.5 Å². The third kappa shape index (κ3) is 10.3. The zero-order valence-corrected chi connectivity index (χ0v) is 19.2. The molecule has 0 aliphatic heterocycles. The van der Waals surface area contributed by atoms with Crippen LogP contribution in [0.15, 0.2) is 33.8 Å². The van der Waals surface area contributed by atoms with E-state index in [-0.39, 0.29) is 17.7 Å².